The summed E-state index contributed by atoms with van der Waals surface area (Å²) in [7, 11) is 0. The number of hydrogen-bond acceptors (Lipinski definition) is 8. The molecule has 1 aromatic heterocycles. The first-order valence-electron chi connectivity index (χ1n) is 10.4. The number of ether oxygens (including phenoxy) is 3. The second kappa shape index (κ2) is 10.8. The molecule has 9 heteroatoms. The number of rotatable bonds is 9. The van der Waals surface area contributed by atoms with Crippen molar-refractivity contribution in [2.24, 2.45) is 0 Å². The van der Waals surface area contributed by atoms with E-state index in [9.17, 15) is 9.59 Å². The zero-order valence-corrected chi connectivity index (χ0v) is 18.3. The fraction of sp³-hybridized carbons (Fsp3) is 0.120. The van der Waals surface area contributed by atoms with Crippen molar-refractivity contribution in [1.29, 1.82) is 0 Å². The molecule has 4 aromatic rings. The smallest absolute Gasteiger partial charge is 0.338 e. The molecule has 1 heterocycles. The molecule has 9 nitrogen and oxygen atoms in total. The number of esters is 1. The van der Waals surface area contributed by atoms with Crippen LogP contribution in [0.15, 0.2) is 83.4 Å². The minimum Gasteiger partial charge on any atom is -0.485 e. The van der Waals surface area contributed by atoms with Gasteiger partial charge >= 0.3 is 5.97 Å². The maximum atomic E-state index is 12.3. The summed E-state index contributed by atoms with van der Waals surface area (Å²) in [4.78, 5) is 28.7. The van der Waals surface area contributed by atoms with Crippen LogP contribution in [0.25, 0.3) is 0 Å². The molecule has 0 radical (unpaired) electrons. The lowest BCUT2D eigenvalue weighted by Crippen LogP contribution is -2.21. The summed E-state index contributed by atoms with van der Waals surface area (Å²) >= 11 is 0. The van der Waals surface area contributed by atoms with Gasteiger partial charge in [0.2, 0.25) is 11.7 Å². The molecule has 0 spiro atoms. The number of aromatic nitrogens is 2. The molecule has 1 N–H and O–H groups in total. The van der Waals surface area contributed by atoms with Crippen molar-refractivity contribution in [3.8, 4) is 17.2 Å². The fourth-order valence-electron chi connectivity index (χ4n) is 2.91. The number of para-hydroxylation sites is 3. The van der Waals surface area contributed by atoms with Crippen LogP contribution in [0.2, 0.25) is 0 Å². The number of anilines is 1. The number of aryl methyl sites for hydroxylation is 1. The van der Waals surface area contributed by atoms with E-state index in [0.717, 1.165) is 0 Å². The Kier molecular flexibility index (Phi) is 7.14. The number of amides is 1. The zero-order valence-electron chi connectivity index (χ0n) is 18.3. The summed E-state index contributed by atoms with van der Waals surface area (Å²) in [5, 5.41) is 6.44. The highest BCUT2D eigenvalue weighted by Crippen LogP contribution is 2.29. The second-order valence-corrected chi connectivity index (χ2v) is 7.08. The maximum Gasteiger partial charge on any atom is 0.338 e. The molecule has 0 unspecified atom stereocenters. The molecule has 0 aliphatic carbocycles. The summed E-state index contributed by atoms with van der Waals surface area (Å²) in [6.45, 7) is 1.37. The number of nitrogens with one attached hydrogen (secondary N) is 1. The van der Waals surface area contributed by atoms with E-state index in [-0.39, 0.29) is 12.2 Å². The van der Waals surface area contributed by atoms with Gasteiger partial charge in [0.15, 0.2) is 19.0 Å². The van der Waals surface area contributed by atoms with Crippen LogP contribution in [0.3, 0.4) is 0 Å². The Morgan fingerprint density at radius 1 is 0.912 bits per heavy atom. The van der Waals surface area contributed by atoms with Gasteiger partial charge in [-0.1, -0.05) is 35.5 Å². The predicted octanol–water partition coefficient (Wildman–Crippen LogP) is 4.54. The van der Waals surface area contributed by atoms with Crippen LogP contribution in [0.4, 0.5) is 5.69 Å². The van der Waals surface area contributed by atoms with E-state index in [0.29, 0.717) is 34.7 Å². The summed E-state index contributed by atoms with van der Waals surface area (Å²) in [6, 6.07) is 22.5. The highest BCUT2D eigenvalue weighted by Gasteiger charge is 2.13. The molecule has 1 amide bonds. The van der Waals surface area contributed by atoms with Crippen molar-refractivity contribution < 1.29 is 28.3 Å². The Bertz CT molecular complexity index is 1260. The largest absolute Gasteiger partial charge is 0.485 e. The number of carbonyl (C=O) groups excluding carboxylic acids is 2. The van der Waals surface area contributed by atoms with E-state index in [1.165, 1.54) is 0 Å². The van der Waals surface area contributed by atoms with E-state index in [2.05, 4.69) is 15.5 Å². The van der Waals surface area contributed by atoms with Crippen LogP contribution in [0.1, 0.15) is 22.1 Å². The second-order valence-electron chi connectivity index (χ2n) is 7.08. The monoisotopic (exact) mass is 459 g/mol. The predicted molar refractivity (Wildman–Crippen MR) is 122 cm³/mol. The van der Waals surface area contributed by atoms with Gasteiger partial charge in [0.25, 0.3) is 5.91 Å². The van der Waals surface area contributed by atoms with Crippen LogP contribution in [-0.4, -0.2) is 28.6 Å². The van der Waals surface area contributed by atoms with Crippen molar-refractivity contribution in [2.75, 3.05) is 11.9 Å². The Morgan fingerprint density at radius 2 is 1.65 bits per heavy atom. The number of hydrogen-bond donors (Lipinski definition) is 1. The molecule has 34 heavy (non-hydrogen) atoms. The van der Waals surface area contributed by atoms with Crippen molar-refractivity contribution in [1.82, 2.24) is 10.1 Å². The molecular weight excluding hydrogens is 438 g/mol. The van der Waals surface area contributed by atoms with Gasteiger partial charge in [-0.05, 0) is 48.5 Å². The SMILES string of the molecule is Cc1nc(COc2ccc(C(=O)OCC(=O)Nc3ccccc3Oc3ccccc3)cc2)no1. The standard InChI is InChI=1S/C25H21N3O6/c1-17-26-23(28-34-17)15-31-19-13-11-18(12-14-19)25(30)32-16-24(29)27-21-9-5-6-10-22(21)33-20-7-3-2-4-8-20/h2-14H,15-16H2,1H3,(H,27,29). The van der Waals surface area contributed by atoms with E-state index in [1.807, 2.05) is 30.3 Å². The van der Waals surface area contributed by atoms with Crippen molar-refractivity contribution in [3.63, 3.8) is 0 Å². The third-order valence-electron chi connectivity index (χ3n) is 4.49. The molecule has 3 aromatic carbocycles. The first-order chi connectivity index (χ1) is 16.6. The van der Waals surface area contributed by atoms with E-state index in [1.54, 1.807) is 55.5 Å². The molecule has 0 aliphatic heterocycles. The topological polar surface area (TPSA) is 113 Å². The van der Waals surface area contributed by atoms with Crippen LogP contribution in [0.5, 0.6) is 17.2 Å². The molecule has 0 saturated heterocycles. The summed E-state index contributed by atoms with van der Waals surface area (Å²) in [5.41, 5.74) is 0.745. The van der Waals surface area contributed by atoms with Crippen molar-refractivity contribution in [3.05, 3.63) is 96.1 Å². The van der Waals surface area contributed by atoms with Gasteiger partial charge in [-0.15, -0.1) is 0 Å². The summed E-state index contributed by atoms with van der Waals surface area (Å²) < 4.78 is 21.4. The van der Waals surface area contributed by atoms with E-state index < -0.39 is 18.5 Å². The molecule has 172 valence electrons. The van der Waals surface area contributed by atoms with Gasteiger partial charge in [-0.25, -0.2) is 4.79 Å². The molecule has 0 aliphatic rings. The van der Waals surface area contributed by atoms with Gasteiger partial charge in [0.1, 0.15) is 11.5 Å². The van der Waals surface area contributed by atoms with Crippen molar-refractivity contribution >= 4 is 17.6 Å². The molecule has 0 saturated carbocycles. The Hall–Kier alpha value is -4.66. The average Bonchev–Trinajstić information content (AvgIpc) is 3.28. The number of carbonyl (C=O) groups is 2. The summed E-state index contributed by atoms with van der Waals surface area (Å²) in [6.07, 6.45) is 0. The number of benzene rings is 3. The quantitative estimate of drug-likeness (QED) is 0.363. The molecule has 0 atom stereocenters. The highest BCUT2D eigenvalue weighted by atomic mass is 16.5. The Balaban J connectivity index is 1.27. The van der Waals surface area contributed by atoms with Gasteiger partial charge < -0.3 is 24.1 Å². The zero-order chi connectivity index (χ0) is 23.8. The molecule has 4 rings (SSSR count). The van der Waals surface area contributed by atoms with Gasteiger partial charge in [-0.2, -0.15) is 4.98 Å². The molecular formula is C25H21N3O6. The van der Waals surface area contributed by atoms with Gasteiger partial charge in [0, 0.05) is 6.92 Å². The Morgan fingerprint density at radius 3 is 2.38 bits per heavy atom. The van der Waals surface area contributed by atoms with Crippen molar-refractivity contribution in [2.45, 2.75) is 13.5 Å². The van der Waals surface area contributed by atoms with Crippen LogP contribution >= 0.6 is 0 Å². The first kappa shape index (κ1) is 22.5. The summed E-state index contributed by atoms with van der Waals surface area (Å²) in [5.74, 6) is 1.37. The molecule has 0 bridgehead atoms. The van der Waals surface area contributed by atoms with Crippen LogP contribution in [-0.2, 0) is 16.1 Å². The minimum absolute atomic E-state index is 0.136. The van der Waals surface area contributed by atoms with E-state index >= 15 is 0 Å². The third kappa shape index (κ3) is 6.19. The lowest BCUT2D eigenvalue weighted by atomic mass is 10.2. The van der Waals surface area contributed by atoms with Gasteiger partial charge in [-0.3, -0.25) is 4.79 Å². The average molecular weight is 459 g/mol. The first-order valence-corrected chi connectivity index (χ1v) is 10.4. The highest BCUT2D eigenvalue weighted by molar-refractivity contribution is 5.96. The van der Waals surface area contributed by atoms with Gasteiger partial charge in [0.05, 0.1) is 11.3 Å². The van der Waals surface area contributed by atoms with E-state index in [4.69, 9.17) is 18.7 Å². The number of nitrogens with zero attached hydrogens (tertiary/aromatic N) is 2. The fourth-order valence-corrected chi connectivity index (χ4v) is 2.91. The normalized spacial score (nSPS) is 10.4. The lowest BCUT2D eigenvalue weighted by molar-refractivity contribution is -0.119. The lowest BCUT2D eigenvalue weighted by Gasteiger charge is -2.12. The maximum absolute atomic E-state index is 12.3. The minimum atomic E-state index is -0.635. The van der Waals surface area contributed by atoms with Crippen LogP contribution in [0, 0.1) is 6.92 Å². The van der Waals surface area contributed by atoms with Crippen LogP contribution < -0.4 is 14.8 Å². The molecule has 0 fully saturated rings. The Labute approximate surface area is 195 Å². The third-order valence-corrected chi connectivity index (χ3v) is 4.49.